The zero-order chi connectivity index (χ0) is 21.5. The Balaban J connectivity index is 3.42. The third-order valence-electron chi connectivity index (χ3n) is 3.03. The molecular weight excluding hydrogens is 390 g/mol. The molecule has 0 unspecified atom stereocenters. The lowest BCUT2D eigenvalue weighted by Crippen LogP contribution is -2.27. The van der Waals surface area contributed by atoms with E-state index >= 15 is 0 Å². The van der Waals surface area contributed by atoms with E-state index in [0.29, 0.717) is 0 Å². The van der Waals surface area contributed by atoms with Crippen LogP contribution in [-0.4, -0.2) is 42.0 Å². The van der Waals surface area contributed by atoms with Crippen molar-refractivity contribution in [1.82, 2.24) is 0 Å². The molecule has 0 spiro atoms. The number of aromatic hydroxyl groups is 1. The van der Waals surface area contributed by atoms with Gasteiger partial charge in [0.2, 0.25) is 0 Å². The number of hydrogen-bond acceptors (Lipinski definition) is 7. The third-order valence-corrected chi connectivity index (χ3v) is 3.25. The quantitative estimate of drug-likeness (QED) is 0.182. The topological polar surface area (TPSA) is 111 Å². The fourth-order valence-corrected chi connectivity index (χ4v) is 2.26. The van der Waals surface area contributed by atoms with E-state index in [4.69, 9.17) is 25.8 Å². The Bertz CT molecular complexity index is 761. The summed E-state index contributed by atoms with van der Waals surface area (Å²) in [5, 5.41) is 12.7. The van der Waals surface area contributed by atoms with Crippen LogP contribution in [0.5, 0.6) is 5.75 Å². The van der Waals surface area contributed by atoms with Gasteiger partial charge in [-0.05, 0) is 46.8 Å². The van der Waals surface area contributed by atoms with Gasteiger partial charge < -0.3 is 19.3 Å². The number of amides is 1. The molecule has 1 rings (SSSR count). The monoisotopic (exact) mass is 413 g/mol. The molecule has 0 saturated heterocycles. The molecule has 0 radical (unpaired) electrons. The minimum atomic E-state index is -0.913. The van der Waals surface area contributed by atoms with Gasteiger partial charge in [0.1, 0.15) is 16.9 Å². The van der Waals surface area contributed by atoms with E-state index in [1.807, 2.05) is 0 Å². The molecule has 154 valence electrons. The van der Waals surface area contributed by atoms with Crippen LogP contribution in [0.15, 0.2) is 17.7 Å². The Morgan fingerprint density at radius 3 is 2.11 bits per heavy atom. The minimum absolute atomic E-state index is 0.0411. The fraction of sp³-hybridized carbons (Fsp3) is 0.421. The van der Waals surface area contributed by atoms with E-state index in [0.717, 1.165) is 6.08 Å². The van der Waals surface area contributed by atoms with Gasteiger partial charge in [0.05, 0.1) is 18.9 Å². The first kappa shape index (κ1) is 23.3. The van der Waals surface area contributed by atoms with E-state index in [9.17, 15) is 19.5 Å². The number of rotatable bonds is 6. The summed E-state index contributed by atoms with van der Waals surface area (Å²) in [6.45, 7) is 8.28. The first-order valence-corrected chi connectivity index (χ1v) is 8.94. The Hall–Kier alpha value is -2.74. The Kier molecular flexibility index (Phi) is 8.31. The molecule has 28 heavy (non-hydrogen) atoms. The summed E-state index contributed by atoms with van der Waals surface area (Å²) in [6.07, 6.45) is 0.280. The van der Waals surface area contributed by atoms with Crippen LogP contribution in [0.4, 0.5) is 10.5 Å². The van der Waals surface area contributed by atoms with Crippen LogP contribution >= 0.6 is 11.6 Å². The van der Waals surface area contributed by atoms with E-state index < -0.39 is 29.2 Å². The number of phenols is 1. The number of nitrogens with one attached hydrogen (secondary N) is 1. The second-order valence-electron chi connectivity index (χ2n) is 6.51. The maximum absolute atomic E-state index is 12.2. The number of hydrogen-bond donors (Lipinski definition) is 2. The van der Waals surface area contributed by atoms with Gasteiger partial charge in [-0.1, -0.05) is 11.6 Å². The van der Waals surface area contributed by atoms with Gasteiger partial charge >= 0.3 is 18.0 Å². The molecule has 1 aromatic rings. The molecule has 0 bridgehead atoms. The average Bonchev–Trinajstić information content (AvgIpc) is 2.54. The number of ether oxygens (including phenoxy) is 3. The van der Waals surface area contributed by atoms with Crippen LogP contribution < -0.4 is 5.32 Å². The van der Waals surface area contributed by atoms with Crippen LogP contribution in [-0.2, 0) is 23.8 Å². The normalized spacial score (nSPS) is 10.6. The van der Waals surface area contributed by atoms with Gasteiger partial charge in [0.25, 0.3) is 0 Å². The molecule has 0 heterocycles. The highest BCUT2D eigenvalue weighted by Crippen LogP contribution is 2.33. The first-order chi connectivity index (χ1) is 13.0. The molecule has 0 aliphatic heterocycles. The van der Waals surface area contributed by atoms with Crippen LogP contribution in [0.2, 0.25) is 5.02 Å². The third kappa shape index (κ3) is 7.11. The summed E-state index contributed by atoms with van der Waals surface area (Å²) in [7, 11) is 0. The number of phenolic OH excluding ortho intramolecular Hbond substituents is 1. The molecule has 0 aliphatic carbocycles. The number of halogens is 1. The largest absolute Gasteiger partial charge is 0.506 e. The van der Waals surface area contributed by atoms with Gasteiger partial charge in [0.15, 0.2) is 0 Å². The second-order valence-corrected chi connectivity index (χ2v) is 6.95. The number of anilines is 1. The van der Waals surface area contributed by atoms with Gasteiger partial charge in [0, 0.05) is 16.7 Å². The van der Waals surface area contributed by atoms with Gasteiger partial charge in [-0.15, -0.1) is 0 Å². The molecule has 0 aliphatic rings. The lowest BCUT2D eigenvalue weighted by atomic mass is 10.1. The smallest absolute Gasteiger partial charge is 0.412 e. The molecule has 0 atom stereocenters. The van der Waals surface area contributed by atoms with Crippen molar-refractivity contribution in [2.75, 3.05) is 18.5 Å². The summed E-state index contributed by atoms with van der Waals surface area (Å²) >= 11 is 5.96. The Labute approximate surface area is 168 Å². The predicted molar refractivity (Wildman–Crippen MR) is 104 cm³/mol. The summed E-state index contributed by atoms with van der Waals surface area (Å²) in [5.74, 6) is -2.20. The second kappa shape index (κ2) is 9.98. The SMILES string of the molecule is CCOC(=O)C(=Cc1cc(Cl)cc(O)c1NC(=O)OC(C)(C)C)C(=O)OCC. The summed E-state index contributed by atoms with van der Waals surface area (Å²) in [4.78, 5) is 36.4. The molecule has 9 heteroatoms. The van der Waals surface area contributed by atoms with Crippen LogP contribution in [0.1, 0.15) is 40.2 Å². The molecular formula is C19H24ClNO7. The van der Waals surface area contributed by atoms with Crippen molar-refractivity contribution in [2.45, 2.75) is 40.2 Å². The maximum Gasteiger partial charge on any atom is 0.412 e. The number of esters is 2. The average molecular weight is 414 g/mol. The van der Waals surface area contributed by atoms with Crippen LogP contribution in [0, 0.1) is 0 Å². The standard InChI is InChI=1S/C19H24ClNO7/c1-6-26-16(23)13(17(24)27-7-2)9-11-8-12(20)10-14(22)15(11)21-18(25)28-19(3,4)5/h8-10,22H,6-7H2,1-5H3,(H,21,25). The molecule has 0 fully saturated rings. The van der Waals surface area contributed by atoms with E-state index in [-0.39, 0.29) is 35.2 Å². The van der Waals surface area contributed by atoms with Crippen molar-refractivity contribution in [3.05, 3.63) is 28.3 Å². The lowest BCUT2D eigenvalue weighted by Gasteiger charge is -2.20. The van der Waals surface area contributed by atoms with E-state index in [1.54, 1.807) is 34.6 Å². The van der Waals surface area contributed by atoms with E-state index in [1.165, 1.54) is 12.1 Å². The van der Waals surface area contributed by atoms with Gasteiger partial charge in [-0.25, -0.2) is 14.4 Å². The zero-order valence-corrected chi connectivity index (χ0v) is 17.2. The van der Waals surface area contributed by atoms with Crippen molar-refractivity contribution >= 4 is 41.4 Å². The van der Waals surface area contributed by atoms with Crippen molar-refractivity contribution in [3.8, 4) is 5.75 Å². The van der Waals surface area contributed by atoms with Crippen molar-refractivity contribution in [1.29, 1.82) is 0 Å². The highest BCUT2D eigenvalue weighted by atomic mass is 35.5. The number of benzene rings is 1. The Morgan fingerprint density at radius 2 is 1.64 bits per heavy atom. The summed E-state index contributed by atoms with van der Waals surface area (Å²) < 4.78 is 14.9. The van der Waals surface area contributed by atoms with Crippen molar-refractivity contribution < 1.29 is 33.7 Å². The molecule has 2 N–H and O–H groups in total. The summed E-state index contributed by atoms with van der Waals surface area (Å²) in [6, 6.07) is 2.55. The van der Waals surface area contributed by atoms with Gasteiger partial charge in [-0.3, -0.25) is 5.32 Å². The van der Waals surface area contributed by atoms with E-state index in [2.05, 4.69) is 5.32 Å². The Morgan fingerprint density at radius 1 is 1.11 bits per heavy atom. The summed E-state index contributed by atoms with van der Waals surface area (Å²) in [5.41, 5.74) is -1.20. The fourth-order valence-electron chi connectivity index (χ4n) is 2.04. The highest BCUT2D eigenvalue weighted by Gasteiger charge is 2.24. The molecule has 1 aromatic carbocycles. The first-order valence-electron chi connectivity index (χ1n) is 8.57. The molecule has 8 nitrogen and oxygen atoms in total. The minimum Gasteiger partial charge on any atom is -0.506 e. The lowest BCUT2D eigenvalue weighted by molar-refractivity contribution is -0.146. The van der Waals surface area contributed by atoms with Crippen LogP contribution in [0.25, 0.3) is 6.08 Å². The zero-order valence-electron chi connectivity index (χ0n) is 16.4. The van der Waals surface area contributed by atoms with Gasteiger partial charge in [-0.2, -0.15) is 0 Å². The number of carbonyl (C=O) groups excluding carboxylic acids is 3. The molecule has 0 aromatic heterocycles. The van der Waals surface area contributed by atoms with Crippen molar-refractivity contribution in [3.63, 3.8) is 0 Å². The highest BCUT2D eigenvalue weighted by molar-refractivity contribution is 6.31. The van der Waals surface area contributed by atoms with Crippen molar-refractivity contribution in [2.24, 2.45) is 0 Å². The molecule has 0 saturated carbocycles. The molecule has 1 amide bonds. The number of carbonyl (C=O) groups is 3. The van der Waals surface area contributed by atoms with Crippen LogP contribution in [0.3, 0.4) is 0 Å². The predicted octanol–water partition coefficient (Wildman–Crippen LogP) is 3.90. The maximum atomic E-state index is 12.2.